The number of rotatable bonds is 16. The summed E-state index contributed by atoms with van der Waals surface area (Å²) in [5.41, 5.74) is -18.1. The second-order valence-corrected chi connectivity index (χ2v) is 20.2. The van der Waals surface area contributed by atoms with Crippen LogP contribution in [0.1, 0.15) is 16.7 Å². The van der Waals surface area contributed by atoms with E-state index in [1.54, 1.807) is 0 Å². The van der Waals surface area contributed by atoms with Gasteiger partial charge in [0, 0.05) is 17.2 Å². The van der Waals surface area contributed by atoms with Crippen LogP contribution in [-0.2, 0) is 15.5 Å². The van der Waals surface area contributed by atoms with Gasteiger partial charge in [-0.2, -0.15) is 61.5 Å². The molecule has 0 bridgehead atoms. The van der Waals surface area contributed by atoms with Crippen LogP contribution in [0.3, 0.4) is 0 Å². The Morgan fingerprint density at radius 3 is 1.00 bits per heavy atom. The Kier molecular flexibility index (Phi) is 20.2. The van der Waals surface area contributed by atoms with E-state index in [2.05, 4.69) is 15.4 Å². The van der Waals surface area contributed by atoms with Crippen LogP contribution in [-0.4, -0.2) is 39.5 Å². The Bertz CT molecular complexity index is 4550. The molecule has 9 nitrogen and oxygen atoms in total. The topological polar surface area (TPSA) is 113 Å². The molecule has 0 heterocycles. The molecule has 9 aromatic rings. The summed E-state index contributed by atoms with van der Waals surface area (Å²) in [5, 5.41) is 0. The molecule has 0 atom stereocenters. The largest absolute Gasteiger partial charge is 1.00 e. The van der Waals surface area contributed by atoms with Crippen LogP contribution < -0.4 is 79.8 Å². The van der Waals surface area contributed by atoms with Gasteiger partial charge in [-0.3, -0.25) is 0 Å². The maximum atomic E-state index is 15.7. The SMILES string of the molecule is C#Cc1ccc(-c2cc(Oc3c(F)c(F)c(-c4c(F)c(F)c(Oc5ccc(C(c6ccc(Oc7c(F)c(F)c(-c8c(F)c(F)c(Oc9ccc(OC)cc9S(=O)(=O)[O-])c(F)c8F)c(F)c7F)cc6)(C(F)(F)F)C(F)(F)F)cc5)c(F)c4F)c(F)c3F)ccc2OC)cc1.[K+]. The first-order valence-electron chi connectivity index (χ1n) is 24.9. The molecule has 0 spiro atoms. The summed E-state index contributed by atoms with van der Waals surface area (Å²) in [4.78, 5) is -1.44. The number of halogens is 22. The summed E-state index contributed by atoms with van der Waals surface area (Å²) in [6.45, 7) is 0. The number of ether oxygens (including phenoxy) is 6. The molecule has 0 aliphatic rings. The number of hydrogen-bond acceptors (Lipinski definition) is 9. The molecule has 94 heavy (non-hydrogen) atoms. The Balaban J connectivity index is 0.0000113. The molecule has 0 saturated heterocycles. The quantitative estimate of drug-likeness (QED) is 0.0307. The molecule has 9 aromatic carbocycles. The summed E-state index contributed by atoms with van der Waals surface area (Å²) >= 11 is 0. The Morgan fingerprint density at radius 1 is 0.383 bits per heavy atom. The summed E-state index contributed by atoms with van der Waals surface area (Å²) in [5.74, 6) is -55.5. The molecule has 33 heteroatoms. The fourth-order valence-corrected chi connectivity index (χ4v) is 9.91. The van der Waals surface area contributed by atoms with Crippen molar-refractivity contribution in [1.29, 1.82) is 0 Å². The maximum absolute atomic E-state index is 15.7. The molecule has 0 radical (unpaired) electrons. The van der Waals surface area contributed by atoms with Crippen molar-refractivity contribution in [3.63, 3.8) is 0 Å². The predicted molar refractivity (Wildman–Crippen MR) is 276 cm³/mol. The average Bonchev–Trinajstić information content (AvgIpc) is 0.718. The fraction of sp³-hybridized carbons (Fsp3) is 0.0820. The second-order valence-electron chi connectivity index (χ2n) is 18.9. The third kappa shape index (κ3) is 12.4. The molecular formula is C61H25F22KO9S. The molecule has 0 aromatic heterocycles. The molecule has 0 saturated carbocycles. The molecule has 0 N–H and O–H groups in total. The van der Waals surface area contributed by atoms with Crippen molar-refractivity contribution in [3.8, 4) is 103 Å². The number of alkyl halides is 6. The molecule has 9 rings (SSSR count). The second kappa shape index (κ2) is 26.6. The van der Waals surface area contributed by atoms with Gasteiger partial charge < -0.3 is 33.0 Å². The average molecular weight is 1390 g/mol. The first-order chi connectivity index (χ1) is 43.5. The van der Waals surface area contributed by atoms with E-state index in [-0.39, 0.29) is 117 Å². The molecular weight excluding hydrogens is 1370 g/mol. The Morgan fingerprint density at radius 2 is 0.691 bits per heavy atom. The Hall–Kier alpha value is -8.65. The van der Waals surface area contributed by atoms with Crippen molar-refractivity contribution < 1.29 is 189 Å². The molecule has 0 aliphatic heterocycles. The normalized spacial score (nSPS) is 11.9. The van der Waals surface area contributed by atoms with E-state index in [4.69, 9.17) is 25.4 Å². The summed E-state index contributed by atoms with van der Waals surface area (Å²) in [6.07, 6.45) is -7.71. The number of hydrogen-bond donors (Lipinski definition) is 0. The number of benzene rings is 9. The summed E-state index contributed by atoms with van der Waals surface area (Å²) in [6, 6.07) is 10.9. The molecule has 0 fully saturated rings. The first kappa shape index (κ1) is 71.2. The first-order valence-corrected chi connectivity index (χ1v) is 26.4. The van der Waals surface area contributed by atoms with Gasteiger partial charge in [0.1, 0.15) is 49.5 Å². The van der Waals surface area contributed by atoms with Crippen LogP contribution in [0, 0.1) is 105 Å². The Labute approximate surface area is 554 Å². The molecule has 0 aliphatic carbocycles. The maximum Gasteiger partial charge on any atom is 1.00 e. The fourth-order valence-electron chi connectivity index (χ4n) is 9.29. The van der Waals surface area contributed by atoms with Gasteiger partial charge in [-0.25, -0.2) is 43.5 Å². The monoisotopic (exact) mass is 1390 g/mol. The van der Waals surface area contributed by atoms with Crippen molar-refractivity contribution in [2.75, 3.05) is 14.2 Å². The number of terminal acetylenes is 1. The van der Waals surface area contributed by atoms with Gasteiger partial charge in [-0.15, -0.1) is 6.42 Å². The van der Waals surface area contributed by atoms with Crippen LogP contribution >= 0.6 is 0 Å². The van der Waals surface area contributed by atoms with Crippen molar-refractivity contribution in [1.82, 2.24) is 0 Å². The third-order valence-electron chi connectivity index (χ3n) is 13.6. The van der Waals surface area contributed by atoms with Crippen LogP contribution in [0.15, 0.2) is 114 Å². The van der Waals surface area contributed by atoms with E-state index < -0.39 is 205 Å². The van der Waals surface area contributed by atoms with Crippen LogP contribution in [0.25, 0.3) is 33.4 Å². The van der Waals surface area contributed by atoms with Crippen molar-refractivity contribution in [2.24, 2.45) is 0 Å². The van der Waals surface area contributed by atoms with Gasteiger partial charge in [0.25, 0.3) is 0 Å². The zero-order valence-corrected chi connectivity index (χ0v) is 50.3. The molecule has 0 unspecified atom stereocenters. The predicted octanol–water partition coefficient (Wildman–Crippen LogP) is 15.4. The van der Waals surface area contributed by atoms with Crippen molar-refractivity contribution in [3.05, 3.63) is 219 Å². The van der Waals surface area contributed by atoms with Crippen LogP contribution in [0.4, 0.5) is 96.6 Å². The van der Waals surface area contributed by atoms with Crippen LogP contribution in [0.2, 0.25) is 0 Å². The number of methoxy groups -OCH3 is 2. The van der Waals surface area contributed by atoms with Crippen molar-refractivity contribution in [2.45, 2.75) is 22.7 Å². The molecule has 0 amide bonds. The minimum Gasteiger partial charge on any atom is -0.744 e. The van der Waals surface area contributed by atoms with E-state index in [1.807, 2.05) is 0 Å². The smallest absolute Gasteiger partial charge is 0.744 e. The van der Waals surface area contributed by atoms with E-state index in [0.717, 1.165) is 25.3 Å². The zero-order chi connectivity index (χ0) is 68.5. The minimum absolute atomic E-state index is 0. The van der Waals surface area contributed by atoms with Gasteiger partial charge in [-0.1, -0.05) is 42.3 Å². The van der Waals surface area contributed by atoms with Crippen molar-refractivity contribution >= 4 is 10.1 Å². The van der Waals surface area contributed by atoms with E-state index in [9.17, 15) is 13.0 Å². The van der Waals surface area contributed by atoms with Gasteiger partial charge in [0.2, 0.25) is 75.0 Å². The molecule has 484 valence electrons. The standard InChI is InChI=1S/C61H26F22O9S.K/c1-4-23-5-7-24(8-6-23)31-21-30(18-19-32(31)88-3)91-57-51(74)43(66)36(44(67)52(57)75)35-39(62)47(70)55(48(71)40(35)63)89-27-13-9-25(10-14-27)59(60(78,79)80,61(81,82)83)26-11-15-28(16-12-26)90-56-49(72)41(64)37(42(65)50(56)73)38-45(68)53(76)58(54(77)46(38)69)92-33-20-17-29(87-2)22-34(33)93(84,85)86;/h1,5-22H,2-3H3,(H,84,85,86);/q;+1/p-1. The van der Waals surface area contributed by atoms with Gasteiger partial charge in [0.15, 0.2) is 46.5 Å². The third-order valence-corrected chi connectivity index (χ3v) is 14.5. The van der Waals surface area contributed by atoms with Gasteiger partial charge in [-0.05, 0) is 83.4 Å². The van der Waals surface area contributed by atoms with E-state index >= 15 is 96.6 Å². The summed E-state index contributed by atoms with van der Waals surface area (Å²) in [7, 11) is -3.45. The van der Waals surface area contributed by atoms with E-state index in [0.29, 0.717) is 23.3 Å². The minimum atomic E-state index is -6.54. The van der Waals surface area contributed by atoms with Crippen LogP contribution in [0.5, 0.6) is 57.5 Å². The van der Waals surface area contributed by atoms with Gasteiger partial charge >= 0.3 is 63.7 Å². The zero-order valence-electron chi connectivity index (χ0n) is 46.4. The summed E-state index contributed by atoms with van der Waals surface area (Å²) < 4.78 is 404. The van der Waals surface area contributed by atoms with Gasteiger partial charge in [0.05, 0.1) is 36.5 Å². The van der Waals surface area contributed by atoms with E-state index in [1.165, 1.54) is 37.4 Å².